The molecule has 1 atom stereocenters. The summed E-state index contributed by atoms with van der Waals surface area (Å²) < 4.78 is 0. The molecule has 7 nitrogen and oxygen atoms in total. The molecular weight excluding hydrogens is 294 g/mol. The summed E-state index contributed by atoms with van der Waals surface area (Å²) in [6.45, 7) is 0.117. The molecule has 2 rings (SSSR count). The number of hydrogen-bond donors (Lipinski definition) is 4. The van der Waals surface area contributed by atoms with Crippen LogP contribution in [0.3, 0.4) is 0 Å². The quantitative estimate of drug-likeness (QED) is 0.662. The lowest BCUT2D eigenvalue weighted by Crippen LogP contribution is -2.40. The van der Waals surface area contributed by atoms with Gasteiger partial charge >= 0.3 is 16.9 Å². The van der Waals surface area contributed by atoms with Gasteiger partial charge in [0.05, 0.1) is 6.54 Å². The number of benzene rings is 1. The van der Waals surface area contributed by atoms with E-state index < -0.39 is 18.0 Å². The summed E-state index contributed by atoms with van der Waals surface area (Å²) in [7, 11) is 0. The van der Waals surface area contributed by atoms with Crippen LogP contribution in [0, 0.1) is 0 Å². The van der Waals surface area contributed by atoms with E-state index in [2.05, 4.69) is 15.6 Å². The largest absolute Gasteiger partial charge is 0.479 e. The lowest BCUT2D eigenvalue weighted by atomic mass is 10.1. The molecule has 1 aromatic carbocycles. The van der Waals surface area contributed by atoms with Gasteiger partial charge in [-0.15, -0.1) is 0 Å². The first kappa shape index (κ1) is 14.8. The minimum Gasteiger partial charge on any atom is -0.479 e. The Morgan fingerprint density at radius 3 is 2.57 bits per heavy atom. The van der Waals surface area contributed by atoms with Crippen LogP contribution in [0.15, 0.2) is 40.5 Å². The molecule has 0 fully saturated rings. The Hall–Kier alpha value is -2.61. The number of thiazole rings is 1. The van der Waals surface area contributed by atoms with Crippen molar-refractivity contribution in [2.24, 2.45) is 0 Å². The van der Waals surface area contributed by atoms with Crippen LogP contribution in [-0.2, 0) is 11.3 Å². The van der Waals surface area contributed by atoms with Crippen LogP contribution in [-0.4, -0.2) is 22.1 Å². The molecule has 0 spiro atoms. The molecule has 0 radical (unpaired) electrons. The zero-order chi connectivity index (χ0) is 15.2. The van der Waals surface area contributed by atoms with E-state index in [0.717, 1.165) is 11.3 Å². The van der Waals surface area contributed by atoms with Gasteiger partial charge < -0.3 is 20.7 Å². The van der Waals surface area contributed by atoms with Crippen LogP contribution in [0.5, 0.6) is 0 Å². The predicted molar refractivity (Wildman–Crippen MR) is 77.1 cm³/mol. The van der Waals surface area contributed by atoms with Gasteiger partial charge in [0.15, 0.2) is 6.04 Å². The zero-order valence-electron chi connectivity index (χ0n) is 10.8. The van der Waals surface area contributed by atoms with Crippen LogP contribution in [0.2, 0.25) is 0 Å². The van der Waals surface area contributed by atoms with E-state index in [0.29, 0.717) is 11.3 Å². The summed E-state index contributed by atoms with van der Waals surface area (Å²) in [4.78, 5) is 36.2. The second kappa shape index (κ2) is 6.71. The Kier molecular flexibility index (Phi) is 4.72. The number of aliphatic carboxylic acids is 1. The summed E-state index contributed by atoms with van der Waals surface area (Å²) in [5.41, 5.74) is 1.04. The third-order valence-corrected chi connectivity index (χ3v) is 3.38. The number of aromatic amines is 1. The van der Waals surface area contributed by atoms with E-state index in [4.69, 9.17) is 0 Å². The van der Waals surface area contributed by atoms with Crippen LogP contribution in [0.1, 0.15) is 17.3 Å². The number of carbonyl (C=O) groups is 2. The maximum absolute atomic E-state index is 11.7. The molecular formula is C13H13N3O4S. The Labute approximate surface area is 123 Å². The van der Waals surface area contributed by atoms with Crippen LogP contribution < -0.4 is 15.5 Å². The summed E-state index contributed by atoms with van der Waals surface area (Å²) in [6.07, 6.45) is 0. The molecule has 0 saturated heterocycles. The molecule has 0 unspecified atom stereocenters. The zero-order valence-corrected chi connectivity index (χ0v) is 11.6. The first-order valence-corrected chi connectivity index (χ1v) is 6.93. The van der Waals surface area contributed by atoms with Gasteiger partial charge in [-0.3, -0.25) is 4.79 Å². The topological polar surface area (TPSA) is 111 Å². The van der Waals surface area contributed by atoms with Gasteiger partial charge in [-0.2, -0.15) is 0 Å². The smallest absolute Gasteiger partial charge is 0.330 e. The van der Waals surface area contributed by atoms with Crippen molar-refractivity contribution in [3.05, 3.63) is 56.6 Å². The SMILES string of the molecule is O=C(NCc1csc(=O)[nH]1)N[C@@H](C(=O)O)c1ccccc1. The minimum atomic E-state index is -1.15. The molecule has 2 amide bonds. The maximum atomic E-state index is 11.7. The number of urea groups is 1. The summed E-state index contributed by atoms with van der Waals surface area (Å²) in [5.74, 6) is -1.15. The van der Waals surface area contributed by atoms with Crippen LogP contribution in [0.25, 0.3) is 0 Å². The summed E-state index contributed by atoms with van der Waals surface area (Å²) in [6, 6.07) is 6.63. The molecule has 0 aliphatic rings. The number of aromatic nitrogens is 1. The fourth-order valence-electron chi connectivity index (χ4n) is 1.69. The van der Waals surface area contributed by atoms with Gasteiger partial charge in [-0.05, 0) is 5.56 Å². The number of H-pyrrole nitrogens is 1. The molecule has 1 aromatic heterocycles. The molecule has 8 heteroatoms. The maximum Gasteiger partial charge on any atom is 0.330 e. The lowest BCUT2D eigenvalue weighted by Gasteiger charge is -2.15. The van der Waals surface area contributed by atoms with Crippen molar-refractivity contribution < 1.29 is 14.7 Å². The van der Waals surface area contributed by atoms with Gasteiger partial charge in [0.1, 0.15) is 0 Å². The van der Waals surface area contributed by atoms with E-state index in [1.165, 1.54) is 0 Å². The number of hydrogen-bond acceptors (Lipinski definition) is 4. The fraction of sp³-hybridized carbons (Fsp3) is 0.154. The van der Waals surface area contributed by atoms with Gasteiger partial charge in [0.25, 0.3) is 0 Å². The monoisotopic (exact) mass is 307 g/mol. The van der Waals surface area contributed by atoms with Gasteiger partial charge in [0, 0.05) is 11.1 Å². The second-order valence-electron chi connectivity index (χ2n) is 4.18. The van der Waals surface area contributed by atoms with Crippen molar-refractivity contribution in [2.45, 2.75) is 12.6 Å². The van der Waals surface area contributed by atoms with E-state index >= 15 is 0 Å². The summed E-state index contributed by atoms with van der Waals surface area (Å²) >= 11 is 0.995. The van der Waals surface area contributed by atoms with E-state index in [9.17, 15) is 19.5 Å². The van der Waals surface area contributed by atoms with Gasteiger partial charge in [0.2, 0.25) is 0 Å². The highest BCUT2D eigenvalue weighted by molar-refractivity contribution is 7.07. The Morgan fingerprint density at radius 1 is 1.29 bits per heavy atom. The second-order valence-corrected chi connectivity index (χ2v) is 5.02. The highest BCUT2D eigenvalue weighted by Crippen LogP contribution is 2.12. The average Bonchev–Trinajstić information content (AvgIpc) is 2.89. The molecule has 0 saturated carbocycles. The third-order valence-electron chi connectivity index (χ3n) is 2.67. The molecule has 110 valence electrons. The molecule has 4 N–H and O–H groups in total. The molecule has 0 aliphatic carbocycles. The third kappa shape index (κ3) is 4.18. The van der Waals surface area contributed by atoms with E-state index in [1.54, 1.807) is 35.7 Å². The van der Waals surface area contributed by atoms with Crippen LogP contribution >= 0.6 is 11.3 Å². The predicted octanol–water partition coefficient (Wildman–Crippen LogP) is 1.06. The normalized spacial score (nSPS) is 11.6. The fourth-order valence-corrected chi connectivity index (χ4v) is 2.27. The van der Waals surface area contributed by atoms with Gasteiger partial charge in [-0.25, -0.2) is 9.59 Å². The number of rotatable bonds is 5. The minimum absolute atomic E-state index is 0.117. The number of nitrogens with one attached hydrogen (secondary N) is 3. The van der Waals surface area contributed by atoms with E-state index in [-0.39, 0.29) is 11.4 Å². The van der Waals surface area contributed by atoms with Crippen molar-refractivity contribution in [2.75, 3.05) is 0 Å². The Bertz CT molecular complexity index is 680. The van der Waals surface area contributed by atoms with Crippen molar-refractivity contribution >= 4 is 23.3 Å². The standard InChI is InChI=1S/C13H13N3O4S/c17-11(18)10(8-4-2-1-3-5-8)16-12(19)14-6-9-7-21-13(20)15-9/h1-5,7,10H,6H2,(H,15,20)(H,17,18)(H2,14,16,19)/t10-/m1/s1. The van der Waals surface area contributed by atoms with E-state index in [1.807, 2.05) is 0 Å². The van der Waals surface area contributed by atoms with Crippen LogP contribution in [0.4, 0.5) is 4.79 Å². The molecule has 1 heterocycles. The Balaban J connectivity index is 1.96. The van der Waals surface area contributed by atoms with Gasteiger partial charge in [-0.1, -0.05) is 41.7 Å². The first-order chi connectivity index (χ1) is 10.1. The Morgan fingerprint density at radius 2 is 2.00 bits per heavy atom. The molecule has 0 aliphatic heterocycles. The molecule has 21 heavy (non-hydrogen) atoms. The van der Waals surface area contributed by atoms with Crippen molar-refractivity contribution in [3.8, 4) is 0 Å². The average molecular weight is 307 g/mol. The summed E-state index contributed by atoms with van der Waals surface area (Å²) in [5, 5.41) is 15.6. The number of carboxylic acids is 1. The number of amides is 2. The lowest BCUT2D eigenvalue weighted by molar-refractivity contribution is -0.139. The first-order valence-electron chi connectivity index (χ1n) is 6.05. The van der Waals surface area contributed by atoms with Crippen molar-refractivity contribution in [1.29, 1.82) is 0 Å². The highest BCUT2D eigenvalue weighted by Gasteiger charge is 2.21. The highest BCUT2D eigenvalue weighted by atomic mass is 32.1. The molecule has 0 bridgehead atoms. The number of carbonyl (C=O) groups excluding carboxylic acids is 1. The van der Waals surface area contributed by atoms with Crippen molar-refractivity contribution in [1.82, 2.24) is 15.6 Å². The number of carboxylic acid groups (broad SMARTS) is 1. The van der Waals surface area contributed by atoms with Crippen molar-refractivity contribution in [3.63, 3.8) is 0 Å². The molecule has 2 aromatic rings.